The number of piperidine rings is 1. The molecule has 2 aliphatic heterocycles. The summed E-state index contributed by atoms with van der Waals surface area (Å²) < 4.78 is 16.2. The van der Waals surface area contributed by atoms with E-state index in [9.17, 15) is 4.79 Å². The number of ether oxygens (including phenoxy) is 2. The molecule has 0 saturated carbocycles. The minimum absolute atomic E-state index is 0. The van der Waals surface area contributed by atoms with Crippen LogP contribution in [0.25, 0.3) is 0 Å². The number of aryl methyl sites for hydroxylation is 1. The molecule has 0 spiro atoms. The number of nitrogens with one attached hydrogen (secondary N) is 1. The number of rotatable bonds is 10. The summed E-state index contributed by atoms with van der Waals surface area (Å²) in [4.78, 5) is 29.1. The number of pyridine rings is 2. The molecule has 38 heavy (non-hydrogen) atoms. The number of thioether (sulfide) groups is 1. The Morgan fingerprint density at radius 3 is 2.74 bits per heavy atom. The van der Waals surface area contributed by atoms with Crippen LogP contribution in [0.2, 0.25) is 0 Å². The third kappa shape index (κ3) is 6.39. The van der Waals surface area contributed by atoms with Gasteiger partial charge in [-0.15, -0.1) is 24.2 Å². The largest absolute Gasteiger partial charge is 0.452 e. The van der Waals surface area contributed by atoms with Crippen LogP contribution in [0.1, 0.15) is 57.0 Å². The summed E-state index contributed by atoms with van der Waals surface area (Å²) in [5.41, 5.74) is 0.885. The number of fused-ring (bicyclic) bond motifs is 2. The molecule has 3 aromatic heterocycles. The number of halogens is 1. The van der Waals surface area contributed by atoms with Crippen molar-refractivity contribution >= 4 is 52.6 Å². The van der Waals surface area contributed by atoms with Crippen LogP contribution in [-0.4, -0.2) is 61.7 Å². The van der Waals surface area contributed by atoms with Crippen LogP contribution in [0.5, 0.6) is 11.5 Å². The molecule has 5 heterocycles. The third-order valence-electron chi connectivity index (χ3n) is 6.92. The Morgan fingerprint density at radius 1 is 1.24 bits per heavy atom. The van der Waals surface area contributed by atoms with E-state index in [1.165, 1.54) is 11.5 Å². The van der Waals surface area contributed by atoms with Gasteiger partial charge in [0, 0.05) is 66.6 Å². The maximum Gasteiger partial charge on any atom is 0.219 e. The lowest BCUT2D eigenvalue weighted by atomic mass is 9.90. The van der Waals surface area contributed by atoms with Gasteiger partial charge in [0.2, 0.25) is 11.0 Å². The highest BCUT2D eigenvalue weighted by Gasteiger charge is 2.43. The first kappa shape index (κ1) is 28.5. The molecule has 12 heteroatoms. The van der Waals surface area contributed by atoms with Gasteiger partial charge in [-0.05, 0) is 50.3 Å². The smallest absolute Gasteiger partial charge is 0.219 e. The second-order valence-corrected chi connectivity index (χ2v) is 11.2. The second kappa shape index (κ2) is 13.1. The van der Waals surface area contributed by atoms with E-state index in [0.717, 1.165) is 54.3 Å². The topological polar surface area (TPSA) is 102 Å². The molecule has 2 aliphatic rings. The molecule has 0 radical (unpaired) electrons. The predicted octanol–water partition coefficient (Wildman–Crippen LogP) is 5.84. The Balaban J connectivity index is 0.00000336. The van der Waals surface area contributed by atoms with Crippen molar-refractivity contribution in [3.63, 3.8) is 0 Å². The van der Waals surface area contributed by atoms with Gasteiger partial charge in [0.15, 0.2) is 11.6 Å². The Labute approximate surface area is 237 Å². The van der Waals surface area contributed by atoms with Crippen molar-refractivity contribution in [2.75, 3.05) is 24.8 Å². The van der Waals surface area contributed by atoms with Gasteiger partial charge in [-0.3, -0.25) is 9.78 Å². The van der Waals surface area contributed by atoms with Crippen molar-refractivity contribution in [2.45, 2.75) is 68.8 Å². The van der Waals surface area contributed by atoms with Crippen LogP contribution in [0.3, 0.4) is 0 Å². The summed E-state index contributed by atoms with van der Waals surface area (Å²) in [5.74, 6) is 4.02. The van der Waals surface area contributed by atoms with E-state index >= 15 is 0 Å². The number of methoxy groups -OCH3 is 1. The van der Waals surface area contributed by atoms with Gasteiger partial charge in [-0.25, -0.2) is 9.97 Å². The lowest BCUT2D eigenvalue weighted by molar-refractivity contribution is -0.133. The molecular weight excluding hydrogens is 544 g/mol. The van der Waals surface area contributed by atoms with Crippen LogP contribution in [0.4, 0.5) is 10.9 Å². The van der Waals surface area contributed by atoms with E-state index in [1.54, 1.807) is 32.0 Å². The second-order valence-electron chi connectivity index (χ2n) is 9.33. The number of hydrogen-bond donors (Lipinski definition) is 1. The van der Waals surface area contributed by atoms with Crippen LogP contribution < -0.4 is 10.1 Å². The van der Waals surface area contributed by atoms with Gasteiger partial charge in [-0.1, -0.05) is 6.92 Å². The van der Waals surface area contributed by atoms with Gasteiger partial charge >= 0.3 is 0 Å². The first-order chi connectivity index (χ1) is 18.1. The van der Waals surface area contributed by atoms with Crippen LogP contribution in [0, 0.1) is 0 Å². The lowest BCUT2D eigenvalue weighted by Gasteiger charge is -2.37. The Morgan fingerprint density at radius 2 is 2.03 bits per heavy atom. The fraction of sp³-hybridized carbons (Fsp3) is 0.500. The normalized spacial score (nSPS) is 20.2. The Kier molecular flexibility index (Phi) is 9.80. The Bertz CT molecular complexity index is 1230. The third-order valence-corrected chi connectivity index (χ3v) is 8.49. The summed E-state index contributed by atoms with van der Waals surface area (Å²) >= 11 is 2.99. The summed E-state index contributed by atoms with van der Waals surface area (Å²) in [7, 11) is 1.70. The molecule has 2 bridgehead atoms. The number of anilines is 2. The highest BCUT2D eigenvalue weighted by molar-refractivity contribution is 7.99. The molecule has 3 aromatic rings. The van der Waals surface area contributed by atoms with E-state index in [-0.39, 0.29) is 24.2 Å². The lowest BCUT2D eigenvalue weighted by Crippen LogP contribution is -2.45. The zero-order chi connectivity index (χ0) is 25.8. The molecule has 5 rings (SSSR count). The van der Waals surface area contributed by atoms with E-state index in [1.807, 2.05) is 24.4 Å². The SMILES string of the molecule is CCc1ncccc1Oc1cc(SCCOC)cnc1Nc1nc(C2CC3CCC(C2)N3C(C)=O)ns1.Cl. The fourth-order valence-electron chi connectivity index (χ4n) is 5.28. The maximum atomic E-state index is 12.1. The average Bonchev–Trinajstić information content (AvgIpc) is 3.48. The molecule has 2 fully saturated rings. The standard InChI is InChI=1S/C26H32N6O3S2.ClH/c1-4-21-22(6-5-9-27-21)35-23-14-20(36-11-10-34-3)15-28-25(23)30-26-29-24(31-37-26)17-12-18-7-8-19(13-17)32(18)16(2)33;/h5-6,9,14-15,17-19H,4,7-8,10-13H2,1-3H3,(H,28,29,30,31);1H. The Hall–Kier alpha value is -2.47. The maximum absolute atomic E-state index is 12.1. The van der Waals surface area contributed by atoms with Crippen molar-refractivity contribution in [1.29, 1.82) is 0 Å². The first-order valence-electron chi connectivity index (χ1n) is 12.7. The van der Waals surface area contributed by atoms with E-state index in [4.69, 9.17) is 14.5 Å². The van der Waals surface area contributed by atoms with Gasteiger partial charge in [-0.2, -0.15) is 4.37 Å². The van der Waals surface area contributed by atoms with Crippen molar-refractivity contribution in [3.05, 3.63) is 42.1 Å². The fourth-order valence-corrected chi connectivity index (χ4v) is 6.72. The van der Waals surface area contributed by atoms with Crippen molar-refractivity contribution in [1.82, 2.24) is 24.2 Å². The van der Waals surface area contributed by atoms with Gasteiger partial charge in [0.25, 0.3) is 0 Å². The summed E-state index contributed by atoms with van der Waals surface area (Å²) in [6.45, 7) is 4.39. The molecule has 204 valence electrons. The van der Waals surface area contributed by atoms with Gasteiger partial charge in [0.05, 0.1) is 12.3 Å². The molecule has 1 amide bonds. The summed E-state index contributed by atoms with van der Waals surface area (Å²) in [6, 6.07) is 6.38. The van der Waals surface area contributed by atoms with Crippen LogP contribution in [0.15, 0.2) is 35.5 Å². The van der Waals surface area contributed by atoms with Crippen molar-refractivity contribution < 1.29 is 14.3 Å². The zero-order valence-electron chi connectivity index (χ0n) is 21.8. The summed E-state index contributed by atoms with van der Waals surface area (Å²) in [6.07, 6.45) is 8.36. The molecule has 2 unspecified atom stereocenters. The van der Waals surface area contributed by atoms with Gasteiger partial charge in [0.1, 0.15) is 11.6 Å². The molecule has 0 aromatic carbocycles. The van der Waals surface area contributed by atoms with Crippen molar-refractivity contribution in [2.24, 2.45) is 0 Å². The number of nitrogens with zero attached hydrogens (tertiary/aromatic N) is 5. The van der Waals surface area contributed by atoms with Crippen LogP contribution >= 0.6 is 35.7 Å². The minimum Gasteiger partial charge on any atom is -0.452 e. The number of carbonyl (C=O) groups excluding carboxylic acids is 1. The van der Waals surface area contributed by atoms with E-state index < -0.39 is 0 Å². The quantitative estimate of drug-likeness (QED) is 0.235. The molecule has 2 atom stereocenters. The number of aromatic nitrogens is 4. The minimum atomic E-state index is 0. The molecule has 2 saturated heterocycles. The molecule has 1 N–H and O–H groups in total. The summed E-state index contributed by atoms with van der Waals surface area (Å²) in [5, 5.41) is 4.02. The highest BCUT2D eigenvalue weighted by Crippen LogP contribution is 2.43. The number of hydrogen-bond acceptors (Lipinski definition) is 10. The molecule has 9 nitrogen and oxygen atoms in total. The highest BCUT2D eigenvalue weighted by atomic mass is 35.5. The number of carbonyl (C=O) groups is 1. The predicted molar refractivity (Wildman–Crippen MR) is 152 cm³/mol. The van der Waals surface area contributed by atoms with Crippen molar-refractivity contribution in [3.8, 4) is 11.5 Å². The van der Waals surface area contributed by atoms with E-state index in [2.05, 4.69) is 31.5 Å². The molecule has 0 aliphatic carbocycles. The van der Waals surface area contributed by atoms with E-state index in [0.29, 0.717) is 41.1 Å². The van der Waals surface area contributed by atoms with Crippen LogP contribution in [-0.2, 0) is 16.0 Å². The first-order valence-corrected chi connectivity index (χ1v) is 14.4. The monoisotopic (exact) mass is 576 g/mol. The number of amides is 1. The zero-order valence-corrected chi connectivity index (χ0v) is 24.2. The van der Waals surface area contributed by atoms with Gasteiger partial charge < -0.3 is 19.7 Å². The average molecular weight is 577 g/mol. The molecular formula is C26H33ClN6O3S2.